The summed E-state index contributed by atoms with van der Waals surface area (Å²) in [6.07, 6.45) is -0.833. The first-order valence-electron chi connectivity index (χ1n) is 5.70. The van der Waals surface area contributed by atoms with E-state index < -0.39 is 6.09 Å². The van der Waals surface area contributed by atoms with Crippen LogP contribution >= 0.6 is 27.5 Å². The van der Waals surface area contributed by atoms with Gasteiger partial charge in [0.25, 0.3) is 0 Å². The second-order valence-corrected chi connectivity index (χ2v) is 5.68. The molecule has 1 aliphatic rings. The van der Waals surface area contributed by atoms with E-state index in [1.165, 1.54) is 4.90 Å². The molecule has 0 bridgehead atoms. The first-order chi connectivity index (χ1) is 8.54. The summed E-state index contributed by atoms with van der Waals surface area (Å²) in [6, 6.07) is 5.83. The van der Waals surface area contributed by atoms with Gasteiger partial charge in [-0.15, -0.1) is 0 Å². The standard InChI is InChI=1S/C12H14BrClN2O2/c13-10-5-9(6-11(14)7-10)8-15-1-3-16(4-2-15)12(17)18/h5-7H,1-4,8H2,(H,17,18). The summed E-state index contributed by atoms with van der Waals surface area (Å²) < 4.78 is 0.967. The zero-order valence-corrected chi connectivity index (χ0v) is 12.1. The molecule has 2 rings (SSSR count). The van der Waals surface area contributed by atoms with E-state index in [1.54, 1.807) is 0 Å². The van der Waals surface area contributed by atoms with Crippen molar-refractivity contribution in [2.24, 2.45) is 0 Å². The summed E-state index contributed by atoms with van der Waals surface area (Å²) in [6.45, 7) is 3.45. The van der Waals surface area contributed by atoms with Crippen LogP contribution < -0.4 is 0 Å². The van der Waals surface area contributed by atoms with Gasteiger partial charge < -0.3 is 10.0 Å². The van der Waals surface area contributed by atoms with E-state index in [9.17, 15) is 4.79 Å². The van der Waals surface area contributed by atoms with Crippen molar-refractivity contribution in [3.8, 4) is 0 Å². The molecule has 1 amide bonds. The van der Waals surface area contributed by atoms with Gasteiger partial charge in [-0.25, -0.2) is 4.79 Å². The predicted octanol–water partition coefficient (Wildman–Crippen LogP) is 2.90. The van der Waals surface area contributed by atoms with Crippen molar-refractivity contribution < 1.29 is 9.90 Å². The van der Waals surface area contributed by atoms with E-state index >= 15 is 0 Å². The van der Waals surface area contributed by atoms with Crippen LogP contribution in [-0.4, -0.2) is 47.2 Å². The molecule has 1 aromatic carbocycles. The number of hydrogen-bond acceptors (Lipinski definition) is 2. The fourth-order valence-corrected chi connectivity index (χ4v) is 2.99. The highest BCUT2D eigenvalue weighted by Gasteiger charge is 2.20. The van der Waals surface area contributed by atoms with Gasteiger partial charge >= 0.3 is 6.09 Å². The van der Waals surface area contributed by atoms with Gasteiger partial charge in [0.2, 0.25) is 0 Å². The molecule has 1 saturated heterocycles. The normalized spacial score (nSPS) is 16.9. The molecule has 1 N–H and O–H groups in total. The number of hydrogen-bond donors (Lipinski definition) is 1. The third-order valence-electron chi connectivity index (χ3n) is 2.97. The highest BCUT2D eigenvalue weighted by Crippen LogP contribution is 2.21. The van der Waals surface area contributed by atoms with Gasteiger partial charge in [0.15, 0.2) is 0 Å². The minimum absolute atomic E-state index is 0.567. The topological polar surface area (TPSA) is 43.8 Å². The number of carboxylic acid groups (broad SMARTS) is 1. The molecule has 1 fully saturated rings. The van der Waals surface area contributed by atoms with Crippen molar-refractivity contribution in [1.29, 1.82) is 0 Å². The largest absolute Gasteiger partial charge is 0.465 e. The molecule has 0 radical (unpaired) electrons. The molecule has 98 valence electrons. The van der Waals surface area contributed by atoms with Gasteiger partial charge in [-0.1, -0.05) is 27.5 Å². The maximum atomic E-state index is 10.8. The monoisotopic (exact) mass is 332 g/mol. The molecular weight excluding hydrogens is 320 g/mol. The maximum absolute atomic E-state index is 10.8. The Balaban J connectivity index is 1.93. The lowest BCUT2D eigenvalue weighted by atomic mass is 10.2. The van der Waals surface area contributed by atoms with Gasteiger partial charge in [0.05, 0.1) is 0 Å². The van der Waals surface area contributed by atoms with E-state index in [4.69, 9.17) is 16.7 Å². The molecule has 0 aromatic heterocycles. The number of amides is 1. The molecule has 0 spiro atoms. The van der Waals surface area contributed by atoms with Crippen molar-refractivity contribution in [1.82, 2.24) is 9.80 Å². The molecule has 18 heavy (non-hydrogen) atoms. The average Bonchev–Trinajstić information content (AvgIpc) is 2.28. The van der Waals surface area contributed by atoms with Crippen LogP contribution in [0.1, 0.15) is 5.56 Å². The second-order valence-electron chi connectivity index (χ2n) is 4.32. The van der Waals surface area contributed by atoms with E-state index in [0.717, 1.165) is 29.7 Å². The lowest BCUT2D eigenvalue weighted by Crippen LogP contribution is -2.47. The summed E-state index contributed by atoms with van der Waals surface area (Å²) in [5.41, 5.74) is 1.14. The van der Waals surface area contributed by atoms with Crippen molar-refractivity contribution in [3.63, 3.8) is 0 Å². The number of rotatable bonds is 2. The average molecular weight is 334 g/mol. The summed E-state index contributed by atoms with van der Waals surface area (Å²) in [4.78, 5) is 14.5. The third kappa shape index (κ3) is 3.60. The third-order valence-corrected chi connectivity index (χ3v) is 3.65. The lowest BCUT2D eigenvalue weighted by Gasteiger charge is -2.33. The number of benzene rings is 1. The van der Waals surface area contributed by atoms with Crippen LogP contribution in [0.2, 0.25) is 5.02 Å². The Hall–Kier alpha value is -0.780. The van der Waals surface area contributed by atoms with Gasteiger partial charge in [0.1, 0.15) is 0 Å². The second kappa shape index (κ2) is 5.91. The highest BCUT2D eigenvalue weighted by atomic mass is 79.9. The summed E-state index contributed by atoms with van der Waals surface area (Å²) >= 11 is 9.42. The van der Waals surface area contributed by atoms with Crippen molar-refractivity contribution in [2.45, 2.75) is 6.54 Å². The first kappa shape index (κ1) is 13.6. The zero-order valence-electron chi connectivity index (χ0n) is 9.77. The van der Waals surface area contributed by atoms with Crippen LogP contribution in [0.4, 0.5) is 4.79 Å². The maximum Gasteiger partial charge on any atom is 0.407 e. The van der Waals surface area contributed by atoms with E-state index in [-0.39, 0.29) is 0 Å². The van der Waals surface area contributed by atoms with Crippen molar-refractivity contribution in [3.05, 3.63) is 33.3 Å². The summed E-state index contributed by atoms with van der Waals surface area (Å²) in [7, 11) is 0. The molecule has 0 atom stereocenters. The van der Waals surface area contributed by atoms with Crippen LogP contribution in [0.25, 0.3) is 0 Å². The molecular formula is C12H14BrClN2O2. The van der Waals surface area contributed by atoms with Gasteiger partial charge in [-0.2, -0.15) is 0 Å². The van der Waals surface area contributed by atoms with Crippen LogP contribution in [0.15, 0.2) is 22.7 Å². The Bertz CT molecular complexity index is 427. The molecule has 0 unspecified atom stereocenters. The van der Waals surface area contributed by atoms with Crippen LogP contribution in [0.5, 0.6) is 0 Å². The Kier molecular flexibility index (Phi) is 4.48. The highest BCUT2D eigenvalue weighted by molar-refractivity contribution is 9.10. The Morgan fingerprint density at radius 3 is 2.50 bits per heavy atom. The number of carbonyl (C=O) groups is 1. The molecule has 0 aliphatic carbocycles. The van der Waals surface area contributed by atoms with Crippen LogP contribution in [0, 0.1) is 0 Å². The number of piperazine rings is 1. The molecule has 0 saturated carbocycles. The summed E-state index contributed by atoms with van der Waals surface area (Å²) in [5.74, 6) is 0. The molecule has 1 aromatic rings. The quantitative estimate of drug-likeness (QED) is 0.905. The number of halogens is 2. The lowest BCUT2D eigenvalue weighted by molar-refractivity contribution is 0.103. The van der Waals surface area contributed by atoms with Gasteiger partial charge in [-0.05, 0) is 23.8 Å². The Morgan fingerprint density at radius 2 is 1.94 bits per heavy atom. The summed E-state index contributed by atoms with van der Waals surface area (Å²) in [5, 5.41) is 9.58. The smallest absolute Gasteiger partial charge is 0.407 e. The van der Waals surface area contributed by atoms with Crippen LogP contribution in [-0.2, 0) is 6.54 Å². The first-order valence-corrected chi connectivity index (χ1v) is 6.87. The van der Waals surface area contributed by atoms with Crippen LogP contribution in [0.3, 0.4) is 0 Å². The number of nitrogens with zero attached hydrogens (tertiary/aromatic N) is 2. The zero-order chi connectivity index (χ0) is 13.1. The van der Waals surface area contributed by atoms with Gasteiger partial charge in [0, 0.05) is 42.2 Å². The molecule has 1 aliphatic heterocycles. The predicted molar refractivity (Wildman–Crippen MR) is 74.0 cm³/mol. The van der Waals surface area contributed by atoms with E-state index in [1.807, 2.05) is 18.2 Å². The van der Waals surface area contributed by atoms with Crippen molar-refractivity contribution >= 4 is 33.6 Å². The Labute approximate surface area is 119 Å². The minimum atomic E-state index is -0.833. The van der Waals surface area contributed by atoms with Crippen molar-refractivity contribution in [2.75, 3.05) is 26.2 Å². The minimum Gasteiger partial charge on any atom is -0.465 e. The fourth-order valence-electron chi connectivity index (χ4n) is 2.06. The molecule has 1 heterocycles. The molecule has 4 nitrogen and oxygen atoms in total. The van der Waals surface area contributed by atoms with Gasteiger partial charge in [-0.3, -0.25) is 4.90 Å². The van der Waals surface area contributed by atoms with E-state index in [0.29, 0.717) is 18.1 Å². The molecule has 6 heteroatoms. The Morgan fingerprint density at radius 1 is 1.28 bits per heavy atom. The SMILES string of the molecule is O=C(O)N1CCN(Cc2cc(Cl)cc(Br)c2)CC1. The van der Waals surface area contributed by atoms with E-state index in [2.05, 4.69) is 20.8 Å². The fraction of sp³-hybridized carbons (Fsp3) is 0.417.